The van der Waals surface area contributed by atoms with Crippen molar-refractivity contribution in [1.82, 2.24) is 0 Å². The van der Waals surface area contributed by atoms with E-state index in [1.165, 1.54) is 88.7 Å². The van der Waals surface area contributed by atoms with Gasteiger partial charge in [-0.15, -0.1) is 0 Å². The molecule has 2 unspecified atom stereocenters. The van der Waals surface area contributed by atoms with E-state index in [0.29, 0.717) is 0 Å². The van der Waals surface area contributed by atoms with Crippen LogP contribution in [0, 0.1) is 0 Å². The van der Waals surface area contributed by atoms with Crippen LogP contribution < -0.4 is 4.90 Å². The molecule has 1 nitrogen and oxygen atoms in total. The number of anilines is 2. The number of hydrogen-bond acceptors (Lipinski definition) is 1. The Labute approximate surface area is 257 Å². The normalized spacial score (nSPS) is 20.5. The van der Waals surface area contributed by atoms with Crippen molar-refractivity contribution < 1.29 is 0 Å². The van der Waals surface area contributed by atoms with Gasteiger partial charge < -0.3 is 4.90 Å². The summed E-state index contributed by atoms with van der Waals surface area (Å²) in [6.45, 7) is 4.89. The molecule has 0 N–H and O–H groups in total. The van der Waals surface area contributed by atoms with Crippen LogP contribution >= 0.6 is 0 Å². The first-order valence-electron chi connectivity index (χ1n) is 15.7. The zero-order valence-electron chi connectivity index (χ0n) is 24.9. The van der Waals surface area contributed by atoms with E-state index in [0.717, 1.165) is 0 Å². The topological polar surface area (TPSA) is 3.24 Å². The first-order valence-corrected chi connectivity index (χ1v) is 15.7. The van der Waals surface area contributed by atoms with Gasteiger partial charge in [-0.1, -0.05) is 122 Å². The van der Waals surface area contributed by atoms with Gasteiger partial charge in [0.2, 0.25) is 0 Å². The fourth-order valence-corrected chi connectivity index (χ4v) is 8.71. The van der Waals surface area contributed by atoms with Crippen LogP contribution in [-0.2, 0) is 5.41 Å². The zero-order chi connectivity index (χ0) is 29.2. The minimum atomic E-state index is 0.121. The number of nitrogens with zero attached hydrogens (tertiary/aromatic N) is 1. The second kappa shape index (κ2) is 8.27. The lowest BCUT2D eigenvalue weighted by Crippen LogP contribution is -2.30. The Morgan fingerprint density at radius 2 is 1.14 bits per heavy atom. The highest BCUT2D eigenvalue weighted by Crippen LogP contribution is 2.70. The van der Waals surface area contributed by atoms with E-state index >= 15 is 0 Å². The molecule has 8 aromatic rings. The first-order chi connectivity index (χ1) is 21.5. The standard InChI is InChI=1S/C43H31N/c1-42-26-43(42,2)44(31-11-4-3-5-12-31)39-24-19-30(25-38(39)42)33-20-15-28-18-23-37-35(21-16-29-17-22-36(33)40(28)41(29)37)34-14-8-10-27-9-6-7-13-32(27)34/h3-25H,26H2,1-2H3. The van der Waals surface area contributed by atoms with Crippen LogP contribution in [0.2, 0.25) is 0 Å². The summed E-state index contributed by atoms with van der Waals surface area (Å²) in [6.07, 6.45) is 1.18. The van der Waals surface area contributed by atoms with Crippen LogP contribution in [0.15, 0.2) is 140 Å². The van der Waals surface area contributed by atoms with Crippen molar-refractivity contribution >= 4 is 54.5 Å². The number of fused-ring (bicyclic) bond motifs is 4. The van der Waals surface area contributed by atoms with E-state index in [-0.39, 0.29) is 11.0 Å². The quantitative estimate of drug-likeness (QED) is 0.194. The van der Waals surface area contributed by atoms with Gasteiger partial charge in [0, 0.05) is 16.8 Å². The predicted octanol–water partition coefficient (Wildman–Crippen LogP) is 11.6. The summed E-state index contributed by atoms with van der Waals surface area (Å²) < 4.78 is 0. The van der Waals surface area contributed by atoms with E-state index in [1.807, 2.05) is 0 Å². The molecule has 1 saturated carbocycles. The van der Waals surface area contributed by atoms with E-state index in [4.69, 9.17) is 0 Å². The van der Waals surface area contributed by atoms with Crippen molar-refractivity contribution in [1.29, 1.82) is 0 Å². The molecule has 0 saturated heterocycles. The average Bonchev–Trinajstić information content (AvgIpc) is 3.58. The molecule has 0 amide bonds. The van der Waals surface area contributed by atoms with Gasteiger partial charge >= 0.3 is 0 Å². The van der Waals surface area contributed by atoms with Crippen molar-refractivity contribution in [2.75, 3.05) is 4.90 Å². The first kappa shape index (κ1) is 24.3. The maximum absolute atomic E-state index is 2.59. The molecule has 1 heteroatoms. The summed E-state index contributed by atoms with van der Waals surface area (Å²) in [7, 11) is 0. The fourth-order valence-electron chi connectivity index (χ4n) is 8.71. The predicted molar refractivity (Wildman–Crippen MR) is 187 cm³/mol. The average molecular weight is 562 g/mol. The molecule has 208 valence electrons. The molecule has 10 rings (SSSR count). The molecular weight excluding hydrogens is 530 g/mol. The summed E-state index contributed by atoms with van der Waals surface area (Å²) in [5, 5.41) is 10.6. The SMILES string of the molecule is CC12CC1(C)N(c1ccccc1)c1ccc(-c3ccc4ccc5c(-c6cccc7ccccc67)ccc6ccc3c4c65)cc12. The lowest BCUT2D eigenvalue weighted by atomic mass is 9.85. The second-order valence-electron chi connectivity index (χ2n) is 13.4. The Morgan fingerprint density at radius 3 is 1.93 bits per heavy atom. The number of rotatable bonds is 3. The van der Waals surface area contributed by atoms with Crippen LogP contribution in [0.4, 0.5) is 11.4 Å². The molecule has 1 fully saturated rings. The number of hydrogen-bond donors (Lipinski definition) is 0. The van der Waals surface area contributed by atoms with Crippen LogP contribution in [0.5, 0.6) is 0 Å². The van der Waals surface area contributed by atoms with Gasteiger partial charge in [-0.05, 0) is 109 Å². The number of benzene rings is 8. The van der Waals surface area contributed by atoms with Crippen molar-refractivity contribution in [3.8, 4) is 22.3 Å². The Kier molecular flexibility index (Phi) is 4.57. The van der Waals surface area contributed by atoms with Crippen molar-refractivity contribution in [2.45, 2.75) is 31.2 Å². The maximum Gasteiger partial charge on any atom is 0.0528 e. The minimum absolute atomic E-state index is 0.121. The van der Waals surface area contributed by atoms with Gasteiger partial charge in [0.25, 0.3) is 0 Å². The molecule has 0 spiro atoms. The Bertz CT molecular complexity index is 2450. The van der Waals surface area contributed by atoms with E-state index in [9.17, 15) is 0 Å². The monoisotopic (exact) mass is 561 g/mol. The van der Waals surface area contributed by atoms with Gasteiger partial charge in [-0.25, -0.2) is 0 Å². The van der Waals surface area contributed by atoms with Gasteiger partial charge in [-0.3, -0.25) is 0 Å². The third-order valence-corrected chi connectivity index (χ3v) is 11.2. The van der Waals surface area contributed by atoms with E-state index in [2.05, 4.69) is 158 Å². The Balaban J connectivity index is 1.19. The molecule has 0 aromatic heterocycles. The van der Waals surface area contributed by atoms with Crippen LogP contribution in [-0.4, -0.2) is 5.54 Å². The molecular formula is C43H31N. The molecule has 8 aromatic carbocycles. The van der Waals surface area contributed by atoms with E-state index < -0.39 is 0 Å². The zero-order valence-corrected chi connectivity index (χ0v) is 24.9. The second-order valence-corrected chi connectivity index (χ2v) is 13.4. The van der Waals surface area contributed by atoms with Crippen LogP contribution in [0.3, 0.4) is 0 Å². The maximum atomic E-state index is 2.59. The Hall–Kier alpha value is -5.14. The largest absolute Gasteiger partial charge is 0.334 e. The van der Waals surface area contributed by atoms with Gasteiger partial charge in [0.05, 0.1) is 5.54 Å². The third kappa shape index (κ3) is 2.99. The summed E-state index contributed by atoms with van der Waals surface area (Å²) in [4.78, 5) is 2.59. The summed E-state index contributed by atoms with van der Waals surface area (Å²) in [5.74, 6) is 0. The van der Waals surface area contributed by atoms with Gasteiger partial charge in [-0.2, -0.15) is 0 Å². The highest BCUT2D eigenvalue weighted by molar-refractivity contribution is 6.28. The smallest absolute Gasteiger partial charge is 0.0528 e. The van der Waals surface area contributed by atoms with Crippen molar-refractivity contribution in [3.05, 3.63) is 145 Å². The third-order valence-electron chi connectivity index (χ3n) is 11.2. The summed E-state index contributed by atoms with van der Waals surface area (Å²) in [6, 6.07) is 52.2. The molecule has 1 heterocycles. The van der Waals surface area contributed by atoms with Crippen LogP contribution in [0.1, 0.15) is 25.8 Å². The molecule has 0 bridgehead atoms. The molecule has 1 aliphatic carbocycles. The molecule has 1 aliphatic heterocycles. The van der Waals surface area contributed by atoms with Crippen molar-refractivity contribution in [2.24, 2.45) is 0 Å². The minimum Gasteiger partial charge on any atom is -0.334 e. The Morgan fingerprint density at radius 1 is 0.500 bits per heavy atom. The van der Waals surface area contributed by atoms with Gasteiger partial charge in [0.15, 0.2) is 0 Å². The summed E-state index contributed by atoms with van der Waals surface area (Å²) >= 11 is 0. The molecule has 2 atom stereocenters. The van der Waals surface area contributed by atoms with Gasteiger partial charge in [0.1, 0.15) is 0 Å². The molecule has 0 radical (unpaired) electrons. The lowest BCUT2D eigenvalue weighted by Gasteiger charge is -2.29. The highest BCUT2D eigenvalue weighted by Gasteiger charge is 2.70. The molecule has 44 heavy (non-hydrogen) atoms. The summed E-state index contributed by atoms with van der Waals surface area (Å²) in [5.41, 5.74) is 9.61. The van der Waals surface area contributed by atoms with Crippen molar-refractivity contribution in [3.63, 3.8) is 0 Å². The van der Waals surface area contributed by atoms with Crippen LogP contribution in [0.25, 0.3) is 65.3 Å². The fraction of sp³-hybridized carbons (Fsp3) is 0.116. The number of para-hydroxylation sites is 1. The van der Waals surface area contributed by atoms with E-state index in [1.54, 1.807) is 0 Å². The lowest BCUT2D eigenvalue weighted by molar-refractivity contribution is 0.639. The highest BCUT2D eigenvalue weighted by atomic mass is 15.3. The molecule has 2 aliphatic rings.